The molecule has 5 rings (SSSR count). The average molecular weight is 537 g/mol. The van der Waals surface area contributed by atoms with Gasteiger partial charge in [0, 0.05) is 12.1 Å². The molecule has 0 aromatic heterocycles. The van der Waals surface area contributed by atoms with Crippen molar-refractivity contribution >= 4 is 17.3 Å². The van der Waals surface area contributed by atoms with Crippen LogP contribution >= 0.6 is 0 Å². The van der Waals surface area contributed by atoms with Gasteiger partial charge in [0.25, 0.3) is 0 Å². The predicted molar refractivity (Wildman–Crippen MR) is 159 cm³/mol. The molecule has 0 bridgehead atoms. The number of hydrogen-bond donors (Lipinski definition) is 3. The number of hydrogen-bond acceptors (Lipinski definition) is 5. The number of phenols is 1. The molecule has 1 aromatic rings. The molecule has 39 heavy (non-hydrogen) atoms. The number of benzene rings is 1. The Morgan fingerprint density at radius 1 is 1.05 bits per heavy atom. The Morgan fingerprint density at radius 3 is 2.56 bits per heavy atom. The summed E-state index contributed by atoms with van der Waals surface area (Å²) in [5.41, 5.74) is 14.4. The molecule has 5 nitrogen and oxygen atoms in total. The molecule has 5 heteroatoms. The van der Waals surface area contributed by atoms with Crippen LogP contribution in [0, 0.1) is 46.3 Å². The number of ether oxygens (including phenoxy) is 1. The van der Waals surface area contributed by atoms with Gasteiger partial charge >= 0.3 is 5.97 Å². The topological polar surface area (TPSA) is 98.6 Å². The fourth-order valence-electron chi connectivity index (χ4n) is 9.80. The van der Waals surface area contributed by atoms with Gasteiger partial charge in [-0.25, -0.2) is 4.79 Å². The maximum Gasteiger partial charge on any atom is 0.342 e. The van der Waals surface area contributed by atoms with E-state index < -0.39 is 5.97 Å². The Hall–Kier alpha value is -2.17. The van der Waals surface area contributed by atoms with Gasteiger partial charge in [-0.3, -0.25) is 0 Å². The molecule has 1 aromatic carbocycles. The van der Waals surface area contributed by atoms with Crippen LogP contribution in [0.2, 0.25) is 0 Å². The van der Waals surface area contributed by atoms with Crippen LogP contribution in [0.4, 0.5) is 11.4 Å². The van der Waals surface area contributed by atoms with Gasteiger partial charge in [0.05, 0.1) is 5.69 Å². The molecule has 4 aliphatic rings. The van der Waals surface area contributed by atoms with E-state index in [0.717, 1.165) is 54.8 Å². The SMILES string of the molecule is CC(C)CCCC(C)C1CCC2C3CC=C4CC(OC(=O)c5cc(N)cc(N)c5O)CCC4(C)C3CCC12C. The second kappa shape index (κ2) is 10.7. The Labute approximate surface area is 236 Å². The van der Waals surface area contributed by atoms with E-state index in [0.29, 0.717) is 11.1 Å². The lowest BCUT2D eigenvalue weighted by atomic mass is 9.47. The lowest BCUT2D eigenvalue weighted by Crippen LogP contribution is -2.51. The monoisotopic (exact) mass is 536 g/mol. The van der Waals surface area contributed by atoms with Crippen molar-refractivity contribution in [3.8, 4) is 5.75 Å². The normalized spacial score (nSPS) is 36.5. The zero-order chi connectivity index (χ0) is 28.1. The molecule has 3 fully saturated rings. The zero-order valence-electron chi connectivity index (χ0n) is 25.0. The summed E-state index contributed by atoms with van der Waals surface area (Å²) in [6.45, 7) is 12.4. The second-order valence-corrected chi connectivity index (χ2v) is 14.6. The van der Waals surface area contributed by atoms with Crippen LogP contribution in [0.1, 0.15) is 116 Å². The van der Waals surface area contributed by atoms with Crippen molar-refractivity contribution in [3.63, 3.8) is 0 Å². The summed E-state index contributed by atoms with van der Waals surface area (Å²) in [4.78, 5) is 12.9. The predicted octanol–water partition coefficient (Wildman–Crippen LogP) is 8.12. The molecule has 8 unspecified atom stereocenters. The quantitative estimate of drug-likeness (QED) is 0.107. The summed E-state index contributed by atoms with van der Waals surface area (Å²) in [6, 6.07) is 2.90. The summed E-state index contributed by atoms with van der Waals surface area (Å²) in [5.74, 6) is 4.10. The van der Waals surface area contributed by atoms with E-state index in [1.807, 2.05) is 0 Å². The van der Waals surface area contributed by atoms with E-state index in [-0.39, 0.29) is 28.5 Å². The van der Waals surface area contributed by atoms with Crippen LogP contribution in [0.5, 0.6) is 5.75 Å². The summed E-state index contributed by atoms with van der Waals surface area (Å²) < 4.78 is 5.92. The van der Waals surface area contributed by atoms with Gasteiger partial charge in [-0.1, -0.05) is 65.5 Å². The number of rotatable bonds is 7. The Balaban J connectivity index is 1.26. The van der Waals surface area contributed by atoms with E-state index in [9.17, 15) is 9.90 Å². The highest BCUT2D eigenvalue weighted by atomic mass is 16.5. The van der Waals surface area contributed by atoms with Crippen LogP contribution in [-0.4, -0.2) is 17.2 Å². The first-order valence-corrected chi connectivity index (χ1v) is 15.7. The van der Waals surface area contributed by atoms with Gasteiger partial charge in [0.2, 0.25) is 0 Å². The summed E-state index contributed by atoms with van der Waals surface area (Å²) in [6.07, 6.45) is 15.9. The fourth-order valence-corrected chi connectivity index (χ4v) is 9.80. The lowest BCUT2D eigenvalue weighted by Gasteiger charge is -2.58. The largest absolute Gasteiger partial charge is 0.505 e. The van der Waals surface area contributed by atoms with Crippen LogP contribution in [0.15, 0.2) is 23.8 Å². The highest BCUT2D eigenvalue weighted by Crippen LogP contribution is 2.67. The number of nitrogens with two attached hydrogens (primary N) is 2. The van der Waals surface area contributed by atoms with Gasteiger partial charge in [-0.15, -0.1) is 0 Å². The first-order chi connectivity index (χ1) is 18.4. The number of nitrogen functional groups attached to an aromatic ring is 2. The van der Waals surface area contributed by atoms with E-state index in [2.05, 4.69) is 40.7 Å². The molecule has 3 saturated carbocycles. The van der Waals surface area contributed by atoms with Crippen LogP contribution in [0.3, 0.4) is 0 Å². The van der Waals surface area contributed by atoms with E-state index in [1.165, 1.54) is 69.1 Å². The smallest absolute Gasteiger partial charge is 0.342 e. The molecule has 216 valence electrons. The number of aromatic hydroxyl groups is 1. The number of esters is 1. The molecule has 8 atom stereocenters. The highest BCUT2D eigenvalue weighted by Gasteiger charge is 2.59. The Morgan fingerprint density at radius 2 is 1.82 bits per heavy atom. The maximum absolute atomic E-state index is 12.9. The summed E-state index contributed by atoms with van der Waals surface area (Å²) in [5, 5.41) is 10.3. The number of phenolic OH excluding ortho intramolecular Hbond substituents is 1. The molecule has 0 radical (unpaired) electrons. The third-order valence-corrected chi connectivity index (χ3v) is 11.9. The van der Waals surface area contributed by atoms with E-state index in [4.69, 9.17) is 16.2 Å². The molecule has 0 spiro atoms. The van der Waals surface area contributed by atoms with Gasteiger partial charge in [-0.05, 0) is 103 Å². The molecule has 0 aliphatic heterocycles. The standard InChI is InChI=1S/C34H52N2O3/c1-20(2)7-6-8-21(3)27-11-12-28-25-10-9-22-17-24(13-15-33(22,4)29(25)14-16-34(27,28)5)39-32(38)26-18-23(35)19-30(36)31(26)37/h9,18-21,24-25,27-29,37H,6-8,10-17,35-36H2,1-5H3. The van der Waals surface area contributed by atoms with Crippen LogP contribution in [0.25, 0.3) is 0 Å². The molecule has 5 N–H and O–H groups in total. The Bertz CT molecular complexity index is 1110. The maximum atomic E-state index is 12.9. The second-order valence-electron chi connectivity index (χ2n) is 14.6. The van der Waals surface area contributed by atoms with Gasteiger partial charge < -0.3 is 21.3 Å². The summed E-state index contributed by atoms with van der Waals surface area (Å²) >= 11 is 0. The van der Waals surface area contributed by atoms with E-state index >= 15 is 0 Å². The van der Waals surface area contributed by atoms with Gasteiger partial charge in [0.15, 0.2) is 5.75 Å². The van der Waals surface area contributed by atoms with Crippen molar-refractivity contribution < 1.29 is 14.6 Å². The number of allylic oxidation sites excluding steroid dienone is 1. The van der Waals surface area contributed by atoms with Gasteiger partial charge in [0.1, 0.15) is 11.7 Å². The van der Waals surface area contributed by atoms with Crippen LogP contribution in [-0.2, 0) is 4.74 Å². The minimum absolute atomic E-state index is 0.0549. The molecule has 0 amide bonds. The highest BCUT2D eigenvalue weighted by molar-refractivity contribution is 5.96. The lowest BCUT2D eigenvalue weighted by molar-refractivity contribution is -0.0594. The number of fused-ring (bicyclic) bond motifs is 5. The van der Waals surface area contributed by atoms with Crippen molar-refractivity contribution in [3.05, 3.63) is 29.3 Å². The number of anilines is 2. The zero-order valence-corrected chi connectivity index (χ0v) is 25.0. The average Bonchev–Trinajstić information content (AvgIpc) is 3.23. The number of carbonyl (C=O) groups excluding carboxylic acids is 1. The van der Waals surface area contributed by atoms with Crippen molar-refractivity contribution in [1.29, 1.82) is 0 Å². The number of carbonyl (C=O) groups is 1. The Kier molecular flexibility index (Phi) is 7.76. The third kappa shape index (κ3) is 5.08. The molecular weight excluding hydrogens is 484 g/mol. The van der Waals surface area contributed by atoms with Crippen molar-refractivity contribution in [2.45, 2.75) is 111 Å². The third-order valence-electron chi connectivity index (χ3n) is 11.9. The van der Waals surface area contributed by atoms with Gasteiger partial charge in [-0.2, -0.15) is 0 Å². The van der Waals surface area contributed by atoms with Crippen molar-refractivity contribution in [1.82, 2.24) is 0 Å². The molecule has 4 aliphatic carbocycles. The molecule has 0 saturated heterocycles. The summed E-state index contributed by atoms with van der Waals surface area (Å²) in [7, 11) is 0. The molecule has 0 heterocycles. The van der Waals surface area contributed by atoms with Crippen molar-refractivity contribution in [2.24, 2.45) is 46.3 Å². The first-order valence-electron chi connectivity index (χ1n) is 15.7. The van der Waals surface area contributed by atoms with Crippen molar-refractivity contribution in [2.75, 3.05) is 11.5 Å². The minimum Gasteiger partial charge on any atom is -0.505 e. The minimum atomic E-state index is -0.540. The van der Waals surface area contributed by atoms with E-state index in [1.54, 1.807) is 0 Å². The van der Waals surface area contributed by atoms with Crippen LogP contribution < -0.4 is 11.5 Å². The first kappa shape index (κ1) is 28.4. The molecular formula is C34H52N2O3. The fraction of sp³-hybridized carbons (Fsp3) is 0.735.